The molecule has 1 fully saturated rings. The van der Waals surface area contributed by atoms with Crippen molar-refractivity contribution in [3.8, 4) is 0 Å². The predicted molar refractivity (Wildman–Crippen MR) is 68.8 cm³/mol. The monoisotopic (exact) mass is 234 g/mol. The molecule has 0 atom stereocenters. The van der Waals surface area contributed by atoms with Gasteiger partial charge in [0.15, 0.2) is 0 Å². The molecule has 3 heteroatoms. The molecule has 1 aromatic rings. The van der Waals surface area contributed by atoms with Crippen LogP contribution < -0.4 is 0 Å². The number of rotatable bonds is 3. The number of likely N-dealkylation sites (tertiary alicyclic amines) is 1. The van der Waals surface area contributed by atoms with Crippen molar-refractivity contribution < 1.29 is 5.11 Å². The molecule has 0 bridgehead atoms. The zero-order valence-corrected chi connectivity index (χ0v) is 10.8. The van der Waals surface area contributed by atoms with Crippen molar-refractivity contribution in [2.24, 2.45) is 0 Å². The first-order valence-electron chi connectivity index (χ1n) is 6.51. The molecule has 2 rings (SSSR count). The van der Waals surface area contributed by atoms with E-state index in [4.69, 9.17) is 0 Å². The summed E-state index contributed by atoms with van der Waals surface area (Å²) < 4.78 is 0. The fourth-order valence-electron chi connectivity index (χ4n) is 2.56. The number of hydrogen-bond donors (Lipinski definition) is 1. The molecule has 3 nitrogen and oxygen atoms in total. The highest BCUT2D eigenvalue weighted by Crippen LogP contribution is 2.32. The van der Waals surface area contributed by atoms with E-state index in [2.05, 4.69) is 22.9 Å². The lowest BCUT2D eigenvalue weighted by Crippen LogP contribution is -2.42. The van der Waals surface area contributed by atoms with Crippen LogP contribution in [-0.4, -0.2) is 34.6 Å². The van der Waals surface area contributed by atoms with Crippen LogP contribution in [0.3, 0.4) is 0 Å². The summed E-state index contributed by atoms with van der Waals surface area (Å²) in [5.41, 5.74) is 1.43. The molecular formula is C14H22N2O. The minimum absolute atomic E-state index is 0.663. The lowest BCUT2D eigenvalue weighted by atomic mass is 9.85. The Bertz CT molecular complexity index is 370. The Morgan fingerprint density at radius 3 is 2.65 bits per heavy atom. The van der Waals surface area contributed by atoms with Crippen molar-refractivity contribution in [1.29, 1.82) is 0 Å². The van der Waals surface area contributed by atoms with Gasteiger partial charge in [0.1, 0.15) is 0 Å². The zero-order chi connectivity index (χ0) is 12.3. The Kier molecular flexibility index (Phi) is 3.79. The van der Waals surface area contributed by atoms with Crippen LogP contribution in [0.4, 0.5) is 0 Å². The molecule has 0 unspecified atom stereocenters. The average molecular weight is 234 g/mol. The fraction of sp³-hybridized carbons (Fsp3) is 0.643. The average Bonchev–Trinajstić information content (AvgIpc) is 2.33. The Morgan fingerprint density at radius 2 is 2.06 bits per heavy atom. The van der Waals surface area contributed by atoms with Gasteiger partial charge in [-0.15, -0.1) is 0 Å². The Balaban J connectivity index is 2.06. The largest absolute Gasteiger partial charge is 0.385 e. The van der Waals surface area contributed by atoms with E-state index in [0.29, 0.717) is 0 Å². The van der Waals surface area contributed by atoms with Gasteiger partial charge in [0, 0.05) is 31.0 Å². The zero-order valence-electron chi connectivity index (χ0n) is 10.8. The fourth-order valence-corrected chi connectivity index (χ4v) is 2.56. The number of nitrogens with zero attached hydrogens (tertiary/aromatic N) is 2. The normalized spacial score (nSPS) is 20.4. The molecular weight excluding hydrogens is 212 g/mol. The van der Waals surface area contributed by atoms with Gasteiger partial charge in [0.05, 0.1) is 5.60 Å². The highest BCUT2D eigenvalue weighted by molar-refractivity contribution is 5.23. The van der Waals surface area contributed by atoms with Crippen LogP contribution in [0, 0.1) is 6.92 Å². The van der Waals surface area contributed by atoms with Crippen LogP contribution >= 0.6 is 0 Å². The number of aliphatic hydroxyl groups is 1. The molecule has 1 saturated heterocycles. The maximum Gasteiger partial charge on any atom is 0.0935 e. The first-order chi connectivity index (χ1) is 8.14. The second kappa shape index (κ2) is 5.15. The quantitative estimate of drug-likeness (QED) is 0.870. The third-order valence-electron chi connectivity index (χ3n) is 3.64. The van der Waals surface area contributed by atoms with Crippen LogP contribution in [0.25, 0.3) is 0 Å². The van der Waals surface area contributed by atoms with Crippen LogP contribution in [-0.2, 0) is 5.60 Å². The molecule has 0 amide bonds. The van der Waals surface area contributed by atoms with E-state index < -0.39 is 5.60 Å². The summed E-state index contributed by atoms with van der Waals surface area (Å²) in [6.07, 6.45) is 6.46. The molecule has 17 heavy (non-hydrogen) atoms. The standard InChI is InChI=1S/C14H22N2O/c1-3-6-16-7-4-14(17,5-8-16)13-9-12(2)10-15-11-13/h9-11,17H,3-8H2,1-2H3. The third kappa shape index (κ3) is 2.85. The summed E-state index contributed by atoms with van der Waals surface area (Å²) in [5.74, 6) is 0. The summed E-state index contributed by atoms with van der Waals surface area (Å²) in [5, 5.41) is 10.7. The third-order valence-corrected chi connectivity index (χ3v) is 3.64. The number of aromatic nitrogens is 1. The highest BCUT2D eigenvalue weighted by atomic mass is 16.3. The number of hydrogen-bond acceptors (Lipinski definition) is 3. The smallest absolute Gasteiger partial charge is 0.0935 e. The SMILES string of the molecule is CCCN1CCC(O)(c2cncc(C)c2)CC1. The van der Waals surface area contributed by atoms with Gasteiger partial charge in [-0.05, 0) is 38.3 Å². The number of aryl methyl sites for hydroxylation is 1. The van der Waals surface area contributed by atoms with Gasteiger partial charge in [-0.3, -0.25) is 4.98 Å². The lowest BCUT2D eigenvalue weighted by molar-refractivity contribution is -0.0260. The van der Waals surface area contributed by atoms with Crippen LogP contribution in [0.5, 0.6) is 0 Å². The Morgan fingerprint density at radius 1 is 1.35 bits per heavy atom. The topological polar surface area (TPSA) is 36.4 Å². The number of piperidine rings is 1. The molecule has 0 aromatic carbocycles. The van der Waals surface area contributed by atoms with Gasteiger partial charge < -0.3 is 10.0 Å². The van der Waals surface area contributed by atoms with Crippen molar-refractivity contribution in [2.75, 3.05) is 19.6 Å². The van der Waals surface area contributed by atoms with Gasteiger partial charge in [-0.25, -0.2) is 0 Å². The number of pyridine rings is 1. The summed E-state index contributed by atoms with van der Waals surface area (Å²) in [6.45, 7) is 7.33. The van der Waals surface area contributed by atoms with E-state index in [-0.39, 0.29) is 0 Å². The van der Waals surface area contributed by atoms with Crippen LogP contribution in [0.15, 0.2) is 18.5 Å². The van der Waals surface area contributed by atoms with Gasteiger partial charge in [0.2, 0.25) is 0 Å². The highest BCUT2D eigenvalue weighted by Gasteiger charge is 2.33. The molecule has 0 radical (unpaired) electrons. The van der Waals surface area contributed by atoms with Gasteiger partial charge in [-0.2, -0.15) is 0 Å². The van der Waals surface area contributed by atoms with E-state index in [1.807, 2.05) is 19.3 Å². The molecule has 1 aromatic heterocycles. The maximum atomic E-state index is 10.7. The second-order valence-corrected chi connectivity index (χ2v) is 5.12. The summed E-state index contributed by atoms with van der Waals surface area (Å²) in [4.78, 5) is 6.61. The van der Waals surface area contributed by atoms with Crippen molar-refractivity contribution in [3.05, 3.63) is 29.6 Å². The minimum atomic E-state index is -0.663. The molecule has 0 aliphatic carbocycles. The minimum Gasteiger partial charge on any atom is -0.385 e. The van der Waals surface area contributed by atoms with Crippen LogP contribution in [0.1, 0.15) is 37.3 Å². The van der Waals surface area contributed by atoms with Crippen molar-refractivity contribution >= 4 is 0 Å². The lowest BCUT2D eigenvalue weighted by Gasteiger charge is -2.38. The second-order valence-electron chi connectivity index (χ2n) is 5.12. The molecule has 94 valence electrons. The molecule has 1 N–H and O–H groups in total. The predicted octanol–water partition coefficient (Wildman–Crippen LogP) is 2.08. The first kappa shape index (κ1) is 12.5. The van der Waals surface area contributed by atoms with E-state index in [1.165, 1.54) is 6.42 Å². The summed E-state index contributed by atoms with van der Waals surface area (Å²) in [6, 6.07) is 2.06. The van der Waals surface area contributed by atoms with Crippen molar-refractivity contribution in [2.45, 2.75) is 38.7 Å². The summed E-state index contributed by atoms with van der Waals surface area (Å²) >= 11 is 0. The van der Waals surface area contributed by atoms with Gasteiger partial charge in [0.25, 0.3) is 0 Å². The van der Waals surface area contributed by atoms with E-state index >= 15 is 0 Å². The van der Waals surface area contributed by atoms with E-state index in [0.717, 1.165) is 43.6 Å². The maximum absolute atomic E-state index is 10.7. The van der Waals surface area contributed by atoms with E-state index in [9.17, 15) is 5.11 Å². The molecule has 0 spiro atoms. The van der Waals surface area contributed by atoms with Crippen molar-refractivity contribution in [3.63, 3.8) is 0 Å². The van der Waals surface area contributed by atoms with Crippen LogP contribution in [0.2, 0.25) is 0 Å². The molecule has 1 aliphatic heterocycles. The Labute approximate surface area is 103 Å². The Hall–Kier alpha value is -0.930. The first-order valence-corrected chi connectivity index (χ1v) is 6.51. The van der Waals surface area contributed by atoms with E-state index in [1.54, 1.807) is 0 Å². The van der Waals surface area contributed by atoms with Crippen molar-refractivity contribution in [1.82, 2.24) is 9.88 Å². The van der Waals surface area contributed by atoms with Gasteiger partial charge in [-0.1, -0.05) is 13.0 Å². The molecule has 1 aliphatic rings. The van der Waals surface area contributed by atoms with Gasteiger partial charge >= 0.3 is 0 Å². The molecule has 0 saturated carbocycles. The molecule has 2 heterocycles. The summed E-state index contributed by atoms with van der Waals surface area (Å²) in [7, 11) is 0.